The lowest BCUT2D eigenvalue weighted by Gasteiger charge is -2.36. The second-order valence-corrected chi connectivity index (χ2v) is 9.60. The fraction of sp³-hybridized carbons (Fsp3) is 0.444. The van der Waals surface area contributed by atoms with Gasteiger partial charge in [-0.2, -0.15) is 0 Å². The molecule has 2 heterocycles. The number of hydrogen-bond donors (Lipinski definition) is 0. The topological polar surface area (TPSA) is 19.4 Å². The van der Waals surface area contributed by atoms with E-state index in [9.17, 15) is 0 Å². The molecule has 1 aliphatic heterocycles. The lowest BCUT2D eigenvalue weighted by Crippen LogP contribution is -2.46. The van der Waals surface area contributed by atoms with E-state index in [2.05, 4.69) is 76.3 Å². The summed E-state index contributed by atoms with van der Waals surface area (Å²) in [5.41, 5.74) is 3.65. The van der Waals surface area contributed by atoms with Crippen LogP contribution in [0.15, 0.2) is 48.5 Å². The summed E-state index contributed by atoms with van der Waals surface area (Å²) in [4.78, 5) is 9.86. The molecule has 0 atom stereocenters. The second kappa shape index (κ2) is 11.4. The number of hydrogen-bond acceptors (Lipinski definition) is 4. The Hall–Kier alpha value is -2.17. The quantitative estimate of drug-likeness (QED) is 0.323. The number of thiazole rings is 1. The molecule has 4 rings (SSSR count). The molecular weight excluding hydrogens is 398 g/mol. The fourth-order valence-electron chi connectivity index (χ4n) is 4.27. The zero-order chi connectivity index (χ0) is 21.3. The molecule has 0 radical (unpaired) electrons. The van der Waals surface area contributed by atoms with Crippen molar-refractivity contribution in [2.75, 3.05) is 37.6 Å². The number of fused-ring (bicyclic) bond motifs is 1. The van der Waals surface area contributed by atoms with Gasteiger partial charge >= 0.3 is 0 Å². The van der Waals surface area contributed by atoms with Gasteiger partial charge < -0.3 is 4.90 Å². The van der Waals surface area contributed by atoms with Crippen LogP contribution in [-0.4, -0.2) is 42.6 Å². The summed E-state index contributed by atoms with van der Waals surface area (Å²) in [7, 11) is 0. The summed E-state index contributed by atoms with van der Waals surface area (Å²) < 4.78 is 1.24. The van der Waals surface area contributed by atoms with Crippen molar-refractivity contribution in [3.8, 4) is 0 Å². The van der Waals surface area contributed by atoms with Crippen molar-refractivity contribution in [2.45, 2.75) is 45.4 Å². The van der Waals surface area contributed by atoms with Crippen LogP contribution < -0.4 is 4.90 Å². The molecule has 3 aromatic rings. The van der Waals surface area contributed by atoms with Crippen LogP contribution in [0.2, 0.25) is 0 Å². The van der Waals surface area contributed by atoms with E-state index in [-0.39, 0.29) is 0 Å². The molecule has 0 amide bonds. The SMILES string of the molecule is CCCCCCCCN1CCN(c2ccc(/C=C/c3nc4ccccc4s3)cc2)CC1. The van der Waals surface area contributed by atoms with Gasteiger partial charge in [0.25, 0.3) is 0 Å². The van der Waals surface area contributed by atoms with E-state index in [1.54, 1.807) is 11.3 Å². The van der Waals surface area contributed by atoms with Crippen LogP contribution in [-0.2, 0) is 0 Å². The van der Waals surface area contributed by atoms with Crippen molar-refractivity contribution >= 4 is 39.4 Å². The van der Waals surface area contributed by atoms with Gasteiger partial charge in [0.2, 0.25) is 0 Å². The number of anilines is 1. The van der Waals surface area contributed by atoms with Crippen LogP contribution in [0.3, 0.4) is 0 Å². The molecule has 4 heteroatoms. The number of piperazine rings is 1. The first-order valence-electron chi connectivity index (χ1n) is 11.9. The first-order valence-corrected chi connectivity index (χ1v) is 12.7. The normalized spacial score (nSPS) is 15.3. The minimum atomic E-state index is 1.06. The van der Waals surface area contributed by atoms with Crippen LogP contribution in [0.5, 0.6) is 0 Å². The molecule has 0 N–H and O–H groups in total. The summed E-state index contributed by atoms with van der Waals surface area (Å²) in [6, 6.07) is 17.3. The number of aromatic nitrogens is 1. The van der Waals surface area contributed by atoms with Gasteiger partial charge in [-0.3, -0.25) is 4.90 Å². The molecule has 0 aliphatic carbocycles. The van der Waals surface area contributed by atoms with E-state index in [1.165, 1.54) is 74.1 Å². The highest BCUT2D eigenvalue weighted by Gasteiger charge is 2.16. The number of para-hydroxylation sites is 1. The number of benzene rings is 2. The minimum absolute atomic E-state index is 1.06. The monoisotopic (exact) mass is 433 g/mol. The van der Waals surface area contributed by atoms with Crippen molar-refractivity contribution < 1.29 is 0 Å². The lowest BCUT2D eigenvalue weighted by molar-refractivity contribution is 0.252. The average molecular weight is 434 g/mol. The Balaban J connectivity index is 1.22. The maximum atomic E-state index is 4.68. The van der Waals surface area contributed by atoms with Gasteiger partial charge in [-0.25, -0.2) is 4.98 Å². The third-order valence-corrected chi connectivity index (χ3v) is 7.19. The van der Waals surface area contributed by atoms with Gasteiger partial charge in [0, 0.05) is 31.9 Å². The van der Waals surface area contributed by atoms with Crippen LogP contribution in [0.25, 0.3) is 22.4 Å². The molecule has 0 unspecified atom stereocenters. The van der Waals surface area contributed by atoms with E-state index >= 15 is 0 Å². The molecule has 164 valence electrons. The van der Waals surface area contributed by atoms with Gasteiger partial charge in [0.15, 0.2) is 0 Å². The van der Waals surface area contributed by atoms with E-state index in [0.29, 0.717) is 0 Å². The molecule has 1 fully saturated rings. The Bertz CT molecular complexity index is 919. The highest BCUT2D eigenvalue weighted by molar-refractivity contribution is 7.19. The Morgan fingerprint density at radius 1 is 0.839 bits per heavy atom. The van der Waals surface area contributed by atoms with Crippen LogP contribution in [0.4, 0.5) is 5.69 Å². The standard InChI is InChI=1S/C27H35N3S/c1-2-3-4-5-6-9-18-29-19-21-30(22-20-29)24-15-12-23(13-16-24)14-17-27-28-25-10-7-8-11-26(25)31-27/h7-8,10-17H,2-6,9,18-22H2,1H3/b17-14+. The zero-order valence-electron chi connectivity index (χ0n) is 18.8. The van der Waals surface area contributed by atoms with Gasteiger partial charge in [-0.15, -0.1) is 11.3 Å². The molecular formula is C27H35N3S. The molecule has 1 aromatic heterocycles. The number of rotatable bonds is 10. The minimum Gasteiger partial charge on any atom is -0.369 e. The molecule has 3 nitrogen and oxygen atoms in total. The third-order valence-electron chi connectivity index (χ3n) is 6.19. The van der Waals surface area contributed by atoms with E-state index < -0.39 is 0 Å². The largest absolute Gasteiger partial charge is 0.369 e. The smallest absolute Gasteiger partial charge is 0.117 e. The maximum absolute atomic E-state index is 4.68. The molecule has 0 bridgehead atoms. The summed E-state index contributed by atoms with van der Waals surface area (Å²) >= 11 is 1.74. The van der Waals surface area contributed by atoms with Crippen molar-refractivity contribution in [1.82, 2.24) is 9.88 Å². The van der Waals surface area contributed by atoms with E-state index in [1.807, 2.05) is 6.07 Å². The highest BCUT2D eigenvalue weighted by Crippen LogP contribution is 2.24. The van der Waals surface area contributed by atoms with Crippen molar-refractivity contribution in [3.63, 3.8) is 0 Å². The fourth-order valence-corrected chi connectivity index (χ4v) is 5.14. The Labute approximate surface area is 191 Å². The Morgan fingerprint density at radius 2 is 1.58 bits per heavy atom. The van der Waals surface area contributed by atoms with Crippen molar-refractivity contribution in [1.29, 1.82) is 0 Å². The van der Waals surface area contributed by atoms with Gasteiger partial charge in [0.05, 0.1) is 10.2 Å². The molecule has 0 spiro atoms. The summed E-state index contributed by atoms with van der Waals surface area (Å²) in [5.74, 6) is 0. The van der Waals surface area contributed by atoms with Gasteiger partial charge in [0.1, 0.15) is 5.01 Å². The number of nitrogens with zero attached hydrogens (tertiary/aromatic N) is 3. The van der Waals surface area contributed by atoms with E-state index in [0.717, 1.165) is 23.6 Å². The van der Waals surface area contributed by atoms with Crippen LogP contribution in [0, 0.1) is 0 Å². The predicted octanol–water partition coefficient (Wildman–Crippen LogP) is 6.95. The second-order valence-electron chi connectivity index (χ2n) is 8.54. The van der Waals surface area contributed by atoms with Crippen LogP contribution >= 0.6 is 11.3 Å². The molecule has 2 aromatic carbocycles. The third kappa shape index (κ3) is 6.41. The van der Waals surface area contributed by atoms with Crippen LogP contribution in [0.1, 0.15) is 56.0 Å². The molecule has 0 saturated carbocycles. The first kappa shape index (κ1) is 22.0. The maximum Gasteiger partial charge on any atom is 0.117 e. The Kier molecular flexibility index (Phi) is 8.14. The summed E-state index contributed by atoms with van der Waals surface area (Å²) in [6.45, 7) is 8.21. The molecule has 31 heavy (non-hydrogen) atoms. The Morgan fingerprint density at radius 3 is 2.35 bits per heavy atom. The average Bonchev–Trinajstić information content (AvgIpc) is 3.24. The zero-order valence-corrected chi connectivity index (χ0v) is 19.6. The van der Waals surface area contributed by atoms with Gasteiger partial charge in [-0.1, -0.05) is 69.4 Å². The van der Waals surface area contributed by atoms with E-state index in [4.69, 9.17) is 0 Å². The summed E-state index contributed by atoms with van der Waals surface area (Å²) in [6.07, 6.45) is 12.6. The first-order chi connectivity index (χ1) is 15.3. The van der Waals surface area contributed by atoms with Crippen molar-refractivity contribution in [3.05, 3.63) is 59.1 Å². The number of unbranched alkanes of at least 4 members (excludes halogenated alkanes) is 5. The van der Waals surface area contributed by atoms with Gasteiger partial charge in [-0.05, 0) is 48.9 Å². The molecule has 1 aliphatic rings. The predicted molar refractivity (Wildman–Crippen MR) is 137 cm³/mol. The lowest BCUT2D eigenvalue weighted by atomic mass is 10.1. The highest BCUT2D eigenvalue weighted by atomic mass is 32.1. The molecule has 1 saturated heterocycles. The van der Waals surface area contributed by atoms with Crippen molar-refractivity contribution in [2.24, 2.45) is 0 Å². The summed E-state index contributed by atoms with van der Waals surface area (Å²) in [5, 5.41) is 1.06.